The zero-order valence-electron chi connectivity index (χ0n) is 13.7. The molecule has 0 saturated carbocycles. The number of aromatic nitrogens is 3. The quantitative estimate of drug-likeness (QED) is 0.838. The number of pyridine rings is 1. The number of halogens is 1. The molecular weight excluding hydrogens is 311 g/mol. The van der Waals surface area contributed by atoms with Crippen molar-refractivity contribution in [2.45, 2.75) is 0 Å². The van der Waals surface area contributed by atoms with Crippen molar-refractivity contribution in [2.24, 2.45) is 0 Å². The van der Waals surface area contributed by atoms with Crippen molar-refractivity contribution in [3.8, 4) is 0 Å². The summed E-state index contributed by atoms with van der Waals surface area (Å²) in [5, 5.41) is 8.39. The van der Waals surface area contributed by atoms with Crippen molar-refractivity contribution >= 4 is 17.5 Å². The number of nitrogens with zero attached hydrogens (tertiary/aromatic N) is 6. The van der Waals surface area contributed by atoms with Crippen molar-refractivity contribution in [3.05, 3.63) is 42.0 Å². The van der Waals surface area contributed by atoms with E-state index in [1.54, 1.807) is 4.90 Å². The van der Waals surface area contributed by atoms with Gasteiger partial charge in [0.2, 0.25) is 0 Å². The van der Waals surface area contributed by atoms with Crippen LogP contribution in [0.25, 0.3) is 0 Å². The summed E-state index contributed by atoms with van der Waals surface area (Å²) in [5.74, 6) is 0.683. The number of carbonyl (C=O) groups excluding carboxylic acids is 1. The van der Waals surface area contributed by atoms with E-state index in [2.05, 4.69) is 20.1 Å². The Labute approximate surface area is 139 Å². The van der Waals surface area contributed by atoms with Crippen LogP contribution in [0.1, 0.15) is 10.4 Å². The van der Waals surface area contributed by atoms with Crippen LogP contribution in [0.3, 0.4) is 0 Å². The zero-order chi connectivity index (χ0) is 17.1. The molecule has 7 nitrogen and oxygen atoms in total. The smallest absolute Gasteiger partial charge is 0.257 e. The second-order valence-corrected chi connectivity index (χ2v) is 5.78. The summed E-state index contributed by atoms with van der Waals surface area (Å²) in [5.41, 5.74) is 0.0635. The first-order chi connectivity index (χ1) is 11.6. The second kappa shape index (κ2) is 6.77. The van der Waals surface area contributed by atoms with Crippen LogP contribution in [0, 0.1) is 5.82 Å². The molecular formula is C16H19FN6O. The maximum absolute atomic E-state index is 13.7. The summed E-state index contributed by atoms with van der Waals surface area (Å²) in [4.78, 5) is 21.7. The first-order valence-corrected chi connectivity index (χ1v) is 7.71. The van der Waals surface area contributed by atoms with Gasteiger partial charge in [0.15, 0.2) is 17.5 Å². The number of carbonyl (C=O) groups is 1. The maximum Gasteiger partial charge on any atom is 0.257 e. The maximum atomic E-state index is 13.7. The summed E-state index contributed by atoms with van der Waals surface area (Å²) >= 11 is 0. The SMILES string of the molecule is CN(C)c1ccc(N2CCN(C(=O)c3ccncc3F)CC2)nn1. The molecule has 1 aliphatic rings. The molecule has 0 aliphatic carbocycles. The summed E-state index contributed by atoms with van der Waals surface area (Å²) in [6, 6.07) is 5.24. The molecule has 24 heavy (non-hydrogen) atoms. The monoisotopic (exact) mass is 330 g/mol. The van der Waals surface area contributed by atoms with Crippen LogP contribution in [0.15, 0.2) is 30.6 Å². The molecule has 2 aromatic rings. The number of amides is 1. The molecule has 1 aliphatic heterocycles. The summed E-state index contributed by atoms with van der Waals surface area (Å²) < 4.78 is 13.7. The van der Waals surface area contributed by atoms with Gasteiger partial charge in [0.05, 0.1) is 11.8 Å². The average Bonchev–Trinajstić information content (AvgIpc) is 2.62. The van der Waals surface area contributed by atoms with Gasteiger partial charge < -0.3 is 14.7 Å². The Bertz CT molecular complexity index is 713. The van der Waals surface area contributed by atoms with Crippen LogP contribution in [-0.4, -0.2) is 66.3 Å². The van der Waals surface area contributed by atoms with Crippen LogP contribution in [0.4, 0.5) is 16.0 Å². The normalized spacial score (nSPS) is 14.6. The van der Waals surface area contributed by atoms with Crippen LogP contribution in [0.5, 0.6) is 0 Å². The Balaban J connectivity index is 1.63. The topological polar surface area (TPSA) is 65.5 Å². The third-order valence-corrected chi connectivity index (χ3v) is 3.99. The zero-order valence-corrected chi connectivity index (χ0v) is 13.7. The minimum absolute atomic E-state index is 0.0635. The molecule has 0 spiro atoms. The van der Waals surface area contributed by atoms with Crippen molar-refractivity contribution < 1.29 is 9.18 Å². The van der Waals surface area contributed by atoms with E-state index in [9.17, 15) is 9.18 Å². The molecule has 3 heterocycles. The molecule has 3 rings (SSSR count). The van der Waals surface area contributed by atoms with Crippen LogP contribution in [0.2, 0.25) is 0 Å². The second-order valence-electron chi connectivity index (χ2n) is 5.78. The van der Waals surface area contributed by atoms with E-state index in [4.69, 9.17) is 0 Å². The van der Waals surface area contributed by atoms with Crippen molar-refractivity contribution in [1.29, 1.82) is 0 Å². The Hall–Kier alpha value is -2.77. The van der Waals surface area contributed by atoms with Crippen LogP contribution in [-0.2, 0) is 0 Å². The van der Waals surface area contributed by atoms with Gasteiger partial charge in [-0.25, -0.2) is 4.39 Å². The van der Waals surface area contributed by atoms with E-state index >= 15 is 0 Å². The standard InChI is InChI=1S/C16H19FN6O/c1-21(2)14-3-4-15(20-19-14)22-7-9-23(10-8-22)16(24)12-5-6-18-11-13(12)17/h3-6,11H,7-10H2,1-2H3. The Morgan fingerprint density at radius 1 is 1.12 bits per heavy atom. The third kappa shape index (κ3) is 3.27. The minimum atomic E-state index is -0.588. The van der Waals surface area contributed by atoms with E-state index < -0.39 is 5.82 Å². The lowest BCUT2D eigenvalue weighted by molar-refractivity contribution is 0.0741. The molecule has 0 N–H and O–H groups in total. The first-order valence-electron chi connectivity index (χ1n) is 7.71. The van der Waals surface area contributed by atoms with Crippen molar-refractivity contribution in [1.82, 2.24) is 20.1 Å². The van der Waals surface area contributed by atoms with Crippen molar-refractivity contribution in [3.63, 3.8) is 0 Å². The fourth-order valence-electron chi connectivity index (χ4n) is 2.58. The van der Waals surface area contributed by atoms with E-state index in [-0.39, 0.29) is 11.5 Å². The third-order valence-electron chi connectivity index (χ3n) is 3.99. The van der Waals surface area contributed by atoms with Gasteiger partial charge >= 0.3 is 0 Å². The Morgan fingerprint density at radius 3 is 2.46 bits per heavy atom. The fourth-order valence-corrected chi connectivity index (χ4v) is 2.58. The first kappa shape index (κ1) is 16.1. The fraction of sp³-hybridized carbons (Fsp3) is 0.375. The highest BCUT2D eigenvalue weighted by molar-refractivity contribution is 5.94. The van der Waals surface area contributed by atoms with E-state index in [0.29, 0.717) is 26.2 Å². The van der Waals surface area contributed by atoms with E-state index in [1.165, 1.54) is 12.3 Å². The molecule has 126 valence electrons. The predicted molar refractivity (Wildman–Crippen MR) is 88.7 cm³/mol. The highest BCUT2D eigenvalue weighted by atomic mass is 19.1. The van der Waals surface area contributed by atoms with Gasteiger partial charge in [-0.15, -0.1) is 10.2 Å². The van der Waals surface area contributed by atoms with Gasteiger partial charge in [-0.3, -0.25) is 9.78 Å². The van der Waals surface area contributed by atoms with Crippen LogP contribution < -0.4 is 9.80 Å². The van der Waals surface area contributed by atoms with Crippen LogP contribution >= 0.6 is 0 Å². The molecule has 0 aromatic carbocycles. The number of piperazine rings is 1. The van der Waals surface area contributed by atoms with E-state index in [0.717, 1.165) is 17.8 Å². The van der Waals surface area contributed by atoms with Crippen molar-refractivity contribution in [2.75, 3.05) is 50.1 Å². The number of anilines is 2. The molecule has 1 saturated heterocycles. The van der Waals surface area contributed by atoms with Gasteiger partial charge in [0, 0.05) is 46.5 Å². The van der Waals surface area contributed by atoms with Gasteiger partial charge in [0.25, 0.3) is 5.91 Å². The molecule has 0 unspecified atom stereocenters. The Kier molecular flexibility index (Phi) is 4.54. The molecule has 0 atom stereocenters. The molecule has 2 aromatic heterocycles. The minimum Gasteiger partial charge on any atom is -0.361 e. The lowest BCUT2D eigenvalue weighted by atomic mass is 10.2. The lowest BCUT2D eigenvalue weighted by Crippen LogP contribution is -2.49. The molecule has 0 bridgehead atoms. The van der Waals surface area contributed by atoms with E-state index in [1.807, 2.05) is 31.1 Å². The molecule has 1 amide bonds. The summed E-state index contributed by atoms with van der Waals surface area (Å²) in [7, 11) is 3.82. The number of hydrogen-bond acceptors (Lipinski definition) is 6. The number of hydrogen-bond donors (Lipinski definition) is 0. The molecule has 8 heteroatoms. The number of rotatable bonds is 3. The summed E-state index contributed by atoms with van der Waals surface area (Å²) in [6.45, 7) is 2.29. The van der Waals surface area contributed by atoms with Gasteiger partial charge in [-0.2, -0.15) is 0 Å². The largest absolute Gasteiger partial charge is 0.361 e. The Morgan fingerprint density at radius 2 is 1.88 bits per heavy atom. The molecule has 1 fully saturated rings. The highest BCUT2D eigenvalue weighted by Crippen LogP contribution is 2.17. The van der Waals surface area contributed by atoms with Gasteiger partial charge in [0.1, 0.15) is 0 Å². The van der Waals surface area contributed by atoms with Gasteiger partial charge in [-0.05, 0) is 18.2 Å². The van der Waals surface area contributed by atoms with Gasteiger partial charge in [-0.1, -0.05) is 0 Å². The average molecular weight is 330 g/mol. The summed E-state index contributed by atoms with van der Waals surface area (Å²) in [6.07, 6.45) is 2.49. The molecule has 0 radical (unpaired) electrons. The predicted octanol–water partition coefficient (Wildman–Crippen LogP) is 1.04. The lowest BCUT2D eigenvalue weighted by Gasteiger charge is -2.35. The highest BCUT2D eigenvalue weighted by Gasteiger charge is 2.24.